The number of aromatic amines is 1. The summed E-state index contributed by atoms with van der Waals surface area (Å²) in [5, 5.41) is 2.57. The number of amides is 1. The Labute approximate surface area is 150 Å². The summed E-state index contributed by atoms with van der Waals surface area (Å²) in [6, 6.07) is 15.6. The molecule has 7 heteroatoms. The minimum absolute atomic E-state index is 0.296. The largest absolute Gasteiger partial charge is 0.450 e. The number of carbonyl (C=O) groups is 1. The van der Waals surface area contributed by atoms with Crippen LogP contribution in [-0.4, -0.2) is 35.9 Å². The molecule has 7 nitrogen and oxygen atoms in total. The predicted octanol–water partition coefficient (Wildman–Crippen LogP) is 3.38. The molecule has 0 atom stereocenters. The van der Waals surface area contributed by atoms with Crippen molar-refractivity contribution in [2.45, 2.75) is 12.7 Å². The van der Waals surface area contributed by atoms with Crippen molar-refractivity contribution in [1.82, 2.24) is 9.97 Å². The van der Waals surface area contributed by atoms with Crippen LogP contribution < -0.4 is 5.32 Å². The van der Waals surface area contributed by atoms with Gasteiger partial charge in [0.05, 0.1) is 30.9 Å². The summed E-state index contributed by atoms with van der Waals surface area (Å²) < 4.78 is 16.9. The SMILES string of the molecule is CCOC(=O)Nc1nc2ccc(C3(c4ccccc4)OCCO3)cc2[nH]1. The molecule has 1 aromatic heterocycles. The number of imidazole rings is 1. The number of hydrogen-bond acceptors (Lipinski definition) is 5. The molecule has 2 aromatic carbocycles. The van der Waals surface area contributed by atoms with Gasteiger partial charge in [-0.2, -0.15) is 0 Å². The lowest BCUT2D eigenvalue weighted by molar-refractivity contribution is -0.129. The summed E-state index contributed by atoms with van der Waals surface area (Å²) in [6.45, 7) is 3.08. The second-order valence-corrected chi connectivity index (χ2v) is 5.84. The summed E-state index contributed by atoms with van der Waals surface area (Å²) in [7, 11) is 0. The topological polar surface area (TPSA) is 85.5 Å². The van der Waals surface area contributed by atoms with Crippen molar-refractivity contribution in [2.24, 2.45) is 0 Å². The highest BCUT2D eigenvalue weighted by Crippen LogP contribution is 2.39. The molecule has 0 bridgehead atoms. The van der Waals surface area contributed by atoms with Crippen molar-refractivity contribution in [3.05, 3.63) is 59.7 Å². The van der Waals surface area contributed by atoms with Crippen LogP contribution in [0.2, 0.25) is 0 Å². The number of fused-ring (bicyclic) bond motifs is 1. The lowest BCUT2D eigenvalue weighted by atomic mass is 9.97. The summed E-state index contributed by atoms with van der Waals surface area (Å²) in [5.74, 6) is -0.604. The molecular formula is C19H19N3O4. The van der Waals surface area contributed by atoms with Crippen LogP contribution in [0.4, 0.5) is 10.7 Å². The number of H-pyrrole nitrogens is 1. The Bertz CT molecular complexity index is 917. The van der Waals surface area contributed by atoms with Crippen LogP contribution in [0, 0.1) is 0 Å². The van der Waals surface area contributed by atoms with Gasteiger partial charge < -0.3 is 19.2 Å². The number of benzene rings is 2. The Kier molecular flexibility index (Phi) is 4.32. The number of ether oxygens (including phenoxy) is 3. The molecule has 2 N–H and O–H groups in total. The molecule has 0 saturated carbocycles. The van der Waals surface area contributed by atoms with Gasteiger partial charge in [-0.15, -0.1) is 0 Å². The number of carbonyl (C=O) groups excluding carboxylic acids is 1. The number of hydrogen-bond donors (Lipinski definition) is 2. The number of nitrogens with one attached hydrogen (secondary N) is 2. The molecule has 134 valence electrons. The molecule has 1 aliphatic rings. The molecule has 1 fully saturated rings. The third-order valence-electron chi connectivity index (χ3n) is 4.21. The van der Waals surface area contributed by atoms with Crippen molar-refractivity contribution in [3.63, 3.8) is 0 Å². The second-order valence-electron chi connectivity index (χ2n) is 5.84. The first-order valence-corrected chi connectivity index (χ1v) is 8.49. The summed E-state index contributed by atoms with van der Waals surface area (Å²) in [4.78, 5) is 19.0. The standard InChI is InChI=1S/C19H19N3O4/c1-2-24-18(23)22-17-20-15-9-8-14(12-16(15)21-17)19(25-10-11-26-19)13-6-4-3-5-7-13/h3-9,12H,2,10-11H2,1H3,(H2,20,21,22,23). The Morgan fingerprint density at radius 3 is 2.69 bits per heavy atom. The maximum atomic E-state index is 11.6. The van der Waals surface area contributed by atoms with E-state index < -0.39 is 11.9 Å². The maximum absolute atomic E-state index is 11.6. The first-order valence-electron chi connectivity index (χ1n) is 8.49. The molecular weight excluding hydrogens is 334 g/mol. The number of aromatic nitrogens is 2. The molecule has 0 aliphatic carbocycles. The van der Waals surface area contributed by atoms with Gasteiger partial charge in [0, 0.05) is 11.1 Å². The first kappa shape index (κ1) is 16.6. The van der Waals surface area contributed by atoms with Gasteiger partial charge in [-0.05, 0) is 19.1 Å². The van der Waals surface area contributed by atoms with Crippen molar-refractivity contribution < 1.29 is 19.0 Å². The minimum Gasteiger partial charge on any atom is -0.450 e. The van der Waals surface area contributed by atoms with Crippen molar-refractivity contribution in [3.8, 4) is 0 Å². The molecule has 0 unspecified atom stereocenters. The van der Waals surface area contributed by atoms with Gasteiger partial charge in [0.2, 0.25) is 11.7 Å². The minimum atomic E-state index is -0.935. The van der Waals surface area contributed by atoms with E-state index in [0.29, 0.717) is 25.8 Å². The second kappa shape index (κ2) is 6.78. The molecule has 4 rings (SSSR count). The molecule has 3 aromatic rings. The zero-order valence-electron chi connectivity index (χ0n) is 14.3. The van der Waals surface area contributed by atoms with Crippen LogP contribution >= 0.6 is 0 Å². The van der Waals surface area contributed by atoms with Crippen molar-refractivity contribution >= 4 is 23.1 Å². The van der Waals surface area contributed by atoms with Gasteiger partial charge in [0.25, 0.3) is 0 Å². The summed E-state index contributed by atoms with van der Waals surface area (Å²) in [5.41, 5.74) is 3.28. The molecule has 1 amide bonds. The monoisotopic (exact) mass is 353 g/mol. The Balaban J connectivity index is 1.71. The van der Waals surface area contributed by atoms with Crippen LogP contribution in [0.25, 0.3) is 11.0 Å². The van der Waals surface area contributed by atoms with E-state index in [0.717, 1.165) is 22.2 Å². The fraction of sp³-hybridized carbons (Fsp3) is 0.263. The Morgan fingerprint density at radius 1 is 1.19 bits per heavy atom. The van der Waals surface area contributed by atoms with Crippen molar-refractivity contribution in [2.75, 3.05) is 25.1 Å². The summed E-state index contributed by atoms with van der Waals surface area (Å²) >= 11 is 0. The molecule has 26 heavy (non-hydrogen) atoms. The third-order valence-corrected chi connectivity index (χ3v) is 4.21. The van der Waals surface area contributed by atoms with Gasteiger partial charge >= 0.3 is 6.09 Å². The van der Waals surface area contributed by atoms with Gasteiger partial charge in [0.1, 0.15) is 0 Å². The van der Waals surface area contributed by atoms with Crippen LogP contribution in [-0.2, 0) is 20.0 Å². The molecule has 1 aliphatic heterocycles. The fourth-order valence-electron chi connectivity index (χ4n) is 3.11. The van der Waals surface area contributed by atoms with Crippen LogP contribution in [0.3, 0.4) is 0 Å². The Hall–Kier alpha value is -2.90. The van der Waals surface area contributed by atoms with E-state index in [1.807, 2.05) is 48.5 Å². The highest BCUT2D eigenvalue weighted by molar-refractivity contribution is 5.86. The van der Waals surface area contributed by atoms with Gasteiger partial charge in [-0.1, -0.05) is 36.4 Å². The van der Waals surface area contributed by atoms with Gasteiger partial charge in [-0.25, -0.2) is 9.78 Å². The van der Waals surface area contributed by atoms with Crippen LogP contribution in [0.15, 0.2) is 48.5 Å². The Morgan fingerprint density at radius 2 is 1.96 bits per heavy atom. The average molecular weight is 353 g/mol. The van der Waals surface area contributed by atoms with E-state index in [2.05, 4.69) is 15.3 Å². The number of rotatable bonds is 4. The lowest BCUT2D eigenvalue weighted by Gasteiger charge is -2.28. The van der Waals surface area contributed by atoms with Crippen LogP contribution in [0.1, 0.15) is 18.1 Å². The smallest absolute Gasteiger partial charge is 0.413 e. The van der Waals surface area contributed by atoms with E-state index in [-0.39, 0.29) is 0 Å². The number of anilines is 1. The normalized spacial score (nSPS) is 15.9. The molecule has 2 heterocycles. The third kappa shape index (κ3) is 2.91. The van der Waals surface area contributed by atoms with E-state index >= 15 is 0 Å². The molecule has 0 radical (unpaired) electrons. The fourth-order valence-corrected chi connectivity index (χ4v) is 3.11. The molecule has 0 spiro atoms. The van der Waals surface area contributed by atoms with E-state index in [1.165, 1.54) is 0 Å². The van der Waals surface area contributed by atoms with Crippen molar-refractivity contribution in [1.29, 1.82) is 0 Å². The summed E-state index contributed by atoms with van der Waals surface area (Å²) in [6.07, 6.45) is -0.546. The maximum Gasteiger partial charge on any atom is 0.413 e. The highest BCUT2D eigenvalue weighted by Gasteiger charge is 2.40. The first-order chi connectivity index (χ1) is 12.7. The van der Waals surface area contributed by atoms with E-state index in [1.54, 1.807) is 6.92 Å². The van der Waals surface area contributed by atoms with E-state index in [9.17, 15) is 4.79 Å². The zero-order valence-corrected chi connectivity index (χ0v) is 14.3. The van der Waals surface area contributed by atoms with Gasteiger partial charge in [-0.3, -0.25) is 5.32 Å². The predicted molar refractivity (Wildman–Crippen MR) is 95.9 cm³/mol. The lowest BCUT2D eigenvalue weighted by Crippen LogP contribution is -2.28. The molecule has 1 saturated heterocycles. The van der Waals surface area contributed by atoms with E-state index in [4.69, 9.17) is 14.2 Å². The average Bonchev–Trinajstić information content (AvgIpc) is 3.29. The van der Waals surface area contributed by atoms with Crippen LogP contribution in [0.5, 0.6) is 0 Å². The highest BCUT2D eigenvalue weighted by atomic mass is 16.7. The zero-order chi connectivity index (χ0) is 18.0. The van der Waals surface area contributed by atoms with Gasteiger partial charge in [0.15, 0.2) is 0 Å². The quantitative estimate of drug-likeness (QED) is 0.751. The number of nitrogens with zero attached hydrogens (tertiary/aromatic N) is 1.